The van der Waals surface area contributed by atoms with Crippen molar-refractivity contribution in [1.29, 1.82) is 0 Å². The number of ether oxygens (including phenoxy) is 2. The van der Waals surface area contributed by atoms with Gasteiger partial charge in [-0.3, -0.25) is 4.79 Å². The Hall–Kier alpha value is -4.71. The third-order valence-corrected chi connectivity index (χ3v) is 6.85. The quantitative estimate of drug-likeness (QED) is 0.278. The molecule has 9 nitrogen and oxygen atoms in total. The van der Waals surface area contributed by atoms with Crippen LogP contribution in [0.25, 0.3) is 22.8 Å². The second-order valence-electron chi connectivity index (χ2n) is 9.75. The number of nitrogens with one attached hydrogen (secondary N) is 1. The maximum atomic E-state index is 15.4. The van der Waals surface area contributed by atoms with Gasteiger partial charge in [-0.05, 0) is 48.7 Å². The van der Waals surface area contributed by atoms with Crippen LogP contribution in [0.15, 0.2) is 63.9 Å². The van der Waals surface area contributed by atoms with Gasteiger partial charge in [-0.15, -0.1) is 10.2 Å². The van der Waals surface area contributed by atoms with E-state index in [9.17, 15) is 9.18 Å². The molecule has 1 aliphatic heterocycles. The lowest BCUT2D eigenvalue weighted by atomic mass is 10.0. The summed E-state index contributed by atoms with van der Waals surface area (Å²) in [5.41, 5.74) is 0.860. The molecule has 3 aromatic heterocycles. The van der Waals surface area contributed by atoms with Crippen molar-refractivity contribution in [2.75, 3.05) is 13.2 Å². The summed E-state index contributed by atoms with van der Waals surface area (Å²) in [6.07, 6.45) is 0.586. The van der Waals surface area contributed by atoms with Crippen molar-refractivity contribution in [2.45, 2.75) is 32.4 Å². The first-order valence-electron chi connectivity index (χ1n) is 12.9. The number of H-pyrrole nitrogens is 1. The molecule has 210 valence electrons. The van der Waals surface area contributed by atoms with Gasteiger partial charge in [0.2, 0.25) is 17.5 Å². The van der Waals surface area contributed by atoms with E-state index in [-0.39, 0.29) is 53.4 Å². The predicted octanol–water partition coefficient (Wildman–Crippen LogP) is 5.15. The highest BCUT2D eigenvalue weighted by Gasteiger charge is 2.28. The van der Waals surface area contributed by atoms with Crippen molar-refractivity contribution in [2.24, 2.45) is 0 Å². The zero-order valence-electron chi connectivity index (χ0n) is 21.9. The van der Waals surface area contributed by atoms with Crippen molar-refractivity contribution in [3.05, 3.63) is 105 Å². The average molecular weight is 564 g/mol. The Kier molecular flexibility index (Phi) is 7.14. The van der Waals surface area contributed by atoms with E-state index in [0.717, 1.165) is 17.7 Å². The van der Waals surface area contributed by atoms with E-state index in [0.29, 0.717) is 31.0 Å². The number of pyridine rings is 1. The minimum atomic E-state index is -0.692. The summed E-state index contributed by atoms with van der Waals surface area (Å²) in [5, 5.41) is 10.6. The second kappa shape index (κ2) is 11.0. The van der Waals surface area contributed by atoms with Crippen molar-refractivity contribution in [3.8, 4) is 28.7 Å². The van der Waals surface area contributed by atoms with Gasteiger partial charge in [-0.1, -0.05) is 18.2 Å². The summed E-state index contributed by atoms with van der Waals surface area (Å²) < 4.78 is 63.0. The van der Waals surface area contributed by atoms with Crippen molar-refractivity contribution >= 4 is 0 Å². The highest BCUT2D eigenvalue weighted by molar-refractivity contribution is 5.61. The lowest BCUT2D eigenvalue weighted by Gasteiger charge is -2.15. The molecule has 1 N–H and O–H groups in total. The maximum Gasteiger partial charge on any atom is 0.280 e. The molecule has 0 amide bonds. The lowest BCUT2D eigenvalue weighted by molar-refractivity contribution is 0.186. The van der Waals surface area contributed by atoms with Crippen LogP contribution in [0.4, 0.5) is 13.2 Å². The molecule has 1 fully saturated rings. The Balaban J connectivity index is 1.26. The van der Waals surface area contributed by atoms with Crippen molar-refractivity contribution < 1.29 is 27.2 Å². The maximum absolute atomic E-state index is 15.4. The van der Waals surface area contributed by atoms with Crippen LogP contribution >= 0.6 is 0 Å². The summed E-state index contributed by atoms with van der Waals surface area (Å²) in [6.45, 7) is 2.61. The monoisotopic (exact) mass is 563 g/mol. The molecule has 0 radical (unpaired) electrons. The van der Waals surface area contributed by atoms with Gasteiger partial charge in [0.1, 0.15) is 29.9 Å². The van der Waals surface area contributed by atoms with E-state index >= 15 is 8.78 Å². The molecule has 1 aliphatic rings. The first-order chi connectivity index (χ1) is 19.9. The second-order valence-corrected chi connectivity index (χ2v) is 9.75. The van der Waals surface area contributed by atoms with E-state index in [4.69, 9.17) is 14.0 Å². The third-order valence-electron chi connectivity index (χ3n) is 6.85. The summed E-state index contributed by atoms with van der Waals surface area (Å²) in [5.74, 6) is -0.778. The molecule has 0 aliphatic carbocycles. The third kappa shape index (κ3) is 5.50. The molecule has 5 aromatic rings. The van der Waals surface area contributed by atoms with Gasteiger partial charge in [0.05, 0.1) is 24.4 Å². The molecular weight excluding hydrogens is 539 g/mol. The topological polar surface area (TPSA) is 108 Å². The lowest BCUT2D eigenvalue weighted by Crippen LogP contribution is -2.14. The predicted molar refractivity (Wildman–Crippen MR) is 141 cm³/mol. The minimum Gasteiger partial charge on any atom is -0.473 e. The van der Waals surface area contributed by atoms with Crippen LogP contribution < -0.4 is 10.3 Å². The zero-order chi connectivity index (χ0) is 28.5. The largest absolute Gasteiger partial charge is 0.473 e. The normalized spacial score (nSPS) is 15.0. The summed E-state index contributed by atoms with van der Waals surface area (Å²) >= 11 is 0. The van der Waals surface area contributed by atoms with Gasteiger partial charge in [-0.2, -0.15) is 5.16 Å². The minimum absolute atomic E-state index is 0.0568. The van der Waals surface area contributed by atoms with Crippen LogP contribution in [0.3, 0.4) is 0 Å². The van der Waals surface area contributed by atoms with Gasteiger partial charge in [0.25, 0.3) is 5.56 Å². The Morgan fingerprint density at radius 3 is 2.63 bits per heavy atom. The Morgan fingerprint density at radius 1 is 1.02 bits per heavy atom. The highest BCUT2D eigenvalue weighted by atomic mass is 19.1. The zero-order valence-corrected chi connectivity index (χ0v) is 21.9. The summed E-state index contributed by atoms with van der Waals surface area (Å²) in [4.78, 5) is 15.9. The number of aryl methyl sites for hydroxylation is 1. The first-order valence-corrected chi connectivity index (χ1v) is 12.9. The van der Waals surface area contributed by atoms with Crippen molar-refractivity contribution in [3.63, 3.8) is 0 Å². The van der Waals surface area contributed by atoms with Gasteiger partial charge < -0.3 is 18.6 Å². The highest BCUT2D eigenvalue weighted by Crippen LogP contribution is 2.30. The van der Waals surface area contributed by atoms with E-state index in [2.05, 4.69) is 20.3 Å². The molecule has 0 bridgehead atoms. The number of hydrogen-bond acceptors (Lipinski definition) is 7. The number of rotatable bonds is 8. The molecule has 12 heteroatoms. The van der Waals surface area contributed by atoms with Crippen LogP contribution in [0.1, 0.15) is 35.0 Å². The number of hydrogen-bond donors (Lipinski definition) is 1. The Morgan fingerprint density at radius 2 is 1.88 bits per heavy atom. The van der Waals surface area contributed by atoms with Crippen LogP contribution in [0.2, 0.25) is 0 Å². The molecule has 41 heavy (non-hydrogen) atoms. The van der Waals surface area contributed by atoms with Crippen LogP contribution in [-0.2, 0) is 17.8 Å². The molecule has 2 aromatic carbocycles. The van der Waals surface area contributed by atoms with E-state index < -0.39 is 23.0 Å². The van der Waals surface area contributed by atoms with Crippen molar-refractivity contribution in [1.82, 2.24) is 24.9 Å². The number of benzene rings is 2. The smallest absolute Gasteiger partial charge is 0.280 e. The van der Waals surface area contributed by atoms with E-state index in [1.807, 2.05) is 0 Å². The number of aromatic nitrogens is 5. The standard InChI is InChI=1S/C29H24F3N5O4/c1-16-5-6-17(21(30)9-16)14-40-28-4-2-3-24(33-28)20-12-22(31)18(10-23(20)32)11-26-34-35-29(25-13-27(38)36-41-25)37(26)19-7-8-39-15-19/h2-6,9-10,12-13,19H,7-8,11,14-15H2,1H3,(H,36,38)/t19-/m1/s1. The molecular formula is C29H24F3N5O4. The molecule has 0 unspecified atom stereocenters. The van der Waals surface area contributed by atoms with Gasteiger partial charge in [-0.25, -0.2) is 18.2 Å². The van der Waals surface area contributed by atoms with Gasteiger partial charge in [0.15, 0.2) is 0 Å². The first kappa shape index (κ1) is 26.5. The molecule has 1 atom stereocenters. The Bertz CT molecular complexity index is 1770. The van der Waals surface area contributed by atoms with Gasteiger partial charge >= 0.3 is 0 Å². The molecule has 0 saturated carbocycles. The van der Waals surface area contributed by atoms with Crippen LogP contribution in [0.5, 0.6) is 5.88 Å². The van der Waals surface area contributed by atoms with E-state index in [1.165, 1.54) is 18.2 Å². The van der Waals surface area contributed by atoms with Crippen LogP contribution in [0, 0.1) is 24.4 Å². The fourth-order valence-corrected chi connectivity index (χ4v) is 4.77. The fraction of sp³-hybridized carbons (Fsp3) is 0.241. The van der Waals surface area contributed by atoms with Gasteiger partial charge in [0, 0.05) is 30.2 Å². The Labute approximate surface area is 231 Å². The average Bonchev–Trinajstić information content (AvgIpc) is 3.71. The molecule has 6 rings (SSSR count). The molecule has 1 saturated heterocycles. The van der Waals surface area contributed by atoms with Crippen LogP contribution in [-0.4, -0.2) is 38.1 Å². The van der Waals surface area contributed by atoms with E-state index in [1.54, 1.807) is 35.8 Å². The number of aromatic amines is 1. The molecule has 0 spiro atoms. The number of nitrogens with zero attached hydrogens (tertiary/aromatic N) is 4. The summed E-state index contributed by atoms with van der Waals surface area (Å²) in [6, 6.07) is 12.7. The number of halogens is 3. The summed E-state index contributed by atoms with van der Waals surface area (Å²) in [7, 11) is 0. The SMILES string of the molecule is Cc1ccc(COc2cccc(-c3cc(F)c(Cc4nnc(-c5cc(=O)[nH]o5)n4[C@@H]4CCOC4)cc3F)n2)c(F)c1. The molecule has 4 heterocycles. The fourth-order valence-electron chi connectivity index (χ4n) is 4.77.